The Kier molecular flexibility index (Phi) is 4.80. The van der Waals surface area contributed by atoms with Crippen LogP contribution in [0.4, 0.5) is 0 Å². The fourth-order valence-electron chi connectivity index (χ4n) is 6.09. The van der Waals surface area contributed by atoms with Gasteiger partial charge in [0, 0.05) is 18.4 Å². The fourth-order valence-corrected chi connectivity index (χ4v) is 6.09. The van der Waals surface area contributed by atoms with Gasteiger partial charge in [-0.15, -0.1) is 12.3 Å². The lowest BCUT2D eigenvalue weighted by Crippen LogP contribution is -2.55. The van der Waals surface area contributed by atoms with Crippen LogP contribution in [0.5, 0.6) is 11.5 Å². The minimum Gasteiger partial charge on any atom is -0.458 e. The van der Waals surface area contributed by atoms with Crippen molar-refractivity contribution in [2.75, 3.05) is 20.4 Å². The number of benzene rings is 1. The Morgan fingerprint density at radius 1 is 1.33 bits per heavy atom. The lowest BCUT2D eigenvalue weighted by molar-refractivity contribution is -0.164. The van der Waals surface area contributed by atoms with E-state index in [0.717, 1.165) is 18.5 Å². The highest BCUT2D eigenvalue weighted by molar-refractivity contribution is 5.94. The van der Waals surface area contributed by atoms with Crippen molar-refractivity contribution in [3.63, 3.8) is 0 Å². The number of likely N-dealkylation sites (tertiary alicyclic amines) is 1. The molecule has 4 aliphatic heterocycles. The lowest BCUT2D eigenvalue weighted by atomic mass is 9.69. The standard InChI is InChI=1S/C24H27N3O6/c1-3-4-6-24(25-26-24)11-19(28)32-18-8-13-5-7-27(2)21(13)20-14-9-16-17(31-12-30-16)10-15(14)23(29)33-22(18)20/h1,9-10,13,18,20-22,25-26H,4-8,11-12H2,2H3/t13-,18+,20+,21-,22-/m1/s1. The first-order valence-corrected chi connectivity index (χ1v) is 11.5. The molecule has 0 aromatic heterocycles. The van der Waals surface area contributed by atoms with Crippen LogP contribution < -0.4 is 20.3 Å². The number of rotatable bonds is 5. The summed E-state index contributed by atoms with van der Waals surface area (Å²) in [7, 11) is 2.11. The molecule has 3 fully saturated rings. The molecule has 2 N–H and O–H groups in total. The highest BCUT2D eigenvalue weighted by Crippen LogP contribution is 2.51. The van der Waals surface area contributed by atoms with Gasteiger partial charge in [0.1, 0.15) is 17.9 Å². The van der Waals surface area contributed by atoms with Gasteiger partial charge in [-0.3, -0.25) is 4.79 Å². The molecule has 174 valence electrons. The number of carbonyl (C=O) groups excluding carboxylic acids is 2. The van der Waals surface area contributed by atoms with Crippen molar-refractivity contribution in [2.24, 2.45) is 5.92 Å². The van der Waals surface area contributed by atoms with Crippen LogP contribution in [-0.4, -0.2) is 61.1 Å². The number of fused-ring (bicyclic) bond motifs is 6. The van der Waals surface area contributed by atoms with Crippen LogP contribution in [0.1, 0.15) is 53.9 Å². The summed E-state index contributed by atoms with van der Waals surface area (Å²) in [5.41, 5.74) is 6.96. The minimum atomic E-state index is -0.544. The first-order valence-electron chi connectivity index (χ1n) is 11.5. The molecule has 0 spiro atoms. The number of hydrogen-bond acceptors (Lipinski definition) is 9. The topological polar surface area (TPSA) is 118 Å². The van der Waals surface area contributed by atoms with Crippen molar-refractivity contribution in [1.29, 1.82) is 0 Å². The number of nitrogens with one attached hydrogen (secondary N) is 2. The number of ether oxygens (including phenoxy) is 4. The predicted octanol–water partition coefficient (Wildman–Crippen LogP) is 1.28. The zero-order chi connectivity index (χ0) is 22.7. The minimum absolute atomic E-state index is 0.108. The summed E-state index contributed by atoms with van der Waals surface area (Å²) in [4.78, 5) is 28.2. The Morgan fingerprint density at radius 3 is 2.88 bits per heavy atom. The van der Waals surface area contributed by atoms with E-state index in [9.17, 15) is 9.59 Å². The first kappa shape index (κ1) is 20.8. The van der Waals surface area contributed by atoms with E-state index in [1.807, 2.05) is 6.07 Å². The molecule has 33 heavy (non-hydrogen) atoms. The Hall–Kier alpha value is -2.80. The molecule has 6 rings (SSSR count). The van der Waals surface area contributed by atoms with Crippen LogP contribution in [-0.2, 0) is 14.3 Å². The normalized spacial score (nSPS) is 32.7. The predicted molar refractivity (Wildman–Crippen MR) is 115 cm³/mol. The molecule has 0 amide bonds. The van der Waals surface area contributed by atoms with E-state index in [1.54, 1.807) is 6.07 Å². The Labute approximate surface area is 192 Å². The SMILES string of the molecule is C#CCCC1(CC(=O)O[C@H]2C[C@H]3CCN(C)[C@H]3[C@@H]3c4cc5c(cc4C(=O)O[C@@H]32)OCO5)NN1. The molecule has 1 saturated carbocycles. The largest absolute Gasteiger partial charge is 0.458 e. The highest BCUT2D eigenvalue weighted by Gasteiger charge is 2.56. The zero-order valence-electron chi connectivity index (χ0n) is 18.5. The second kappa shape index (κ2) is 7.62. The fraction of sp³-hybridized carbons (Fsp3) is 0.583. The molecule has 4 heterocycles. The van der Waals surface area contributed by atoms with Gasteiger partial charge in [-0.1, -0.05) is 0 Å². The Balaban J connectivity index is 1.29. The van der Waals surface area contributed by atoms with Crippen LogP contribution in [0.25, 0.3) is 0 Å². The molecule has 1 aromatic rings. The molecule has 1 aliphatic carbocycles. The van der Waals surface area contributed by atoms with Crippen LogP contribution in [0.2, 0.25) is 0 Å². The van der Waals surface area contributed by atoms with E-state index in [0.29, 0.717) is 42.2 Å². The van der Waals surface area contributed by atoms with Crippen molar-refractivity contribution in [3.05, 3.63) is 23.3 Å². The van der Waals surface area contributed by atoms with Crippen molar-refractivity contribution >= 4 is 11.9 Å². The second-order valence-electron chi connectivity index (χ2n) is 9.69. The van der Waals surface area contributed by atoms with Crippen molar-refractivity contribution in [2.45, 2.75) is 61.9 Å². The summed E-state index contributed by atoms with van der Waals surface area (Å²) in [6.07, 6.45) is 7.38. The second-order valence-corrected chi connectivity index (χ2v) is 9.69. The number of likely N-dealkylation sites (N-methyl/N-ethyl adjacent to an activating group) is 1. The van der Waals surface area contributed by atoms with E-state index in [-0.39, 0.29) is 31.1 Å². The number of nitrogens with zero attached hydrogens (tertiary/aromatic N) is 1. The quantitative estimate of drug-likeness (QED) is 0.386. The van der Waals surface area contributed by atoms with E-state index in [1.165, 1.54) is 0 Å². The third-order valence-corrected chi connectivity index (χ3v) is 7.74. The van der Waals surface area contributed by atoms with Crippen molar-refractivity contribution in [1.82, 2.24) is 15.8 Å². The maximum atomic E-state index is 13.0. The summed E-state index contributed by atoms with van der Waals surface area (Å²) in [5.74, 6) is 3.29. The van der Waals surface area contributed by atoms with Gasteiger partial charge < -0.3 is 23.8 Å². The molecule has 5 atom stereocenters. The van der Waals surface area contributed by atoms with Gasteiger partial charge in [0.25, 0.3) is 0 Å². The number of terminal acetylenes is 1. The van der Waals surface area contributed by atoms with E-state index >= 15 is 0 Å². The summed E-state index contributed by atoms with van der Waals surface area (Å²) in [6.45, 7) is 1.09. The molecule has 5 aliphatic rings. The van der Waals surface area contributed by atoms with E-state index in [4.69, 9.17) is 25.4 Å². The maximum absolute atomic E-state index is 13.0. The first-order chi connectivity index (χ1) is 16.0. The van der Waals surface area contributed by atoms with Gasteiger partial charge >= 0.3 is 11.9 Å². The monoisotopic (exact) mass is 453 g/mol. The molecular weight excluding hydrogens is 426 g/mol. The Morgan fingerprint density at radius 2 is 2.12 bits per heavy atom. The van der Waals surface area contributed by atoms with Gasteiger partial charge in [0.2, 0.25) is 6.79 Å². The van der Waals surface area contributed by atoms with E-state index in [2.05, 4.69) is 28.7 Å². The summed E-state index contributed by atoms with van der Waals surface area (Å²) in [6, 6.07) is 3.83. The van der Waals surface area contributed by atoms with Crippen molar-refractivity contribution in [3.8, 4) is 23.8 Å². The smallest absolute Gasteiger partial charge is 0.338 e. The molecule has 0 bridgehead atoms. The third-order valence-electron chi connectivity index (χ3n) is 7.74. The van der Waals surface area contributed by atoms with Gasteiger partial charge in [-0.2, -0.15) is 0 Å². The molecule has 0 radical (unpaired) electrons. The number of carbonyl (C=O) groups is 2. The average Bonchev–Trinajstić information content (AvgIpc) is 3.21. The van der Waals surface area contributed by atoms with Crippen LogP contribution in [0.15, 0.2) is 12.1 Å². The maximum Gasteiger partial charge on any atom is 0.338 e. The van der Waals surface area contributed by atoms with Gasteiger partial charge in [0.15, 0.2) is 11.5 Å². The van der Waals surface area contributed by atoms with Crippen LogP contribution >= 0.6 is 0 Å². The highest BCUT2D eigenvalue weighted by atomic mass is 16.7. The number of hydrazine groups is 1. The van der Waals surface area contributed by atoms with Gasteiger partial charge in [-0.05, 0) is 56.5 Å². The third kappa shape index (κ3) is 3.44. The summed E-state index contributed by atoms with van der Waals surface area (Å²) < 4.78 is 23.0. The van der Waals surface area contributed by atoms with E-state index < -0.39 is 23.8 Å². The Bertz CT molecular complexity index is 1050. The molecule has 1 aromatic carbocycles. The average molecular weight is 453 g/mol. The van der Waals surface area contributed by atoms with Crippen molar-refractivity contribution < 1.29 is 28.5 Å². The summed E-state index contributed by atoms with van der Waals surface area (Å²) in [5, 5.41) is 0. The molecule has 9 nitrogen and oxygen atoms in total. The molecule has 0 unspecified atom stereocenters. The summed E-state index contributed by atoms with van der Waals surface area (Å²) >= 11 is 0. The number of esters is 2. The molecular formula is C24H27N3O6. The number of hydrogen-bond donors (Lipinski definition) is 2. The lowest BCUT2D eigenvalue weighted by Gasteiger charge is -2.48. The van der Waals surface area contributed by atoms with Crippen LogP contribution in [0, 0.1) is 18.3 Å². The zero-order valence-corrected chi connectivity index (χ0v) is 18.5. The van der Waals surface area contributed by atoms with Gasteiger partial charge in [-0.25, -0.2) is 15.6 Å². The van der Waals surface area contributed by atoms with Crippen LogP contribution in [0.3, 0.4) is 0 Å². The molecule has 2 saturated heterocycles. The molecule has 9 heteroatoms. The van der Waals surface area contributed by atoms with Gasteiger partial charge in [0.05, 0.1) is 12.0 Å².